The number of non-ortho nitro benzene ring substituents is 1. The first-order valence-corrected chi connectivity index (χ1v) is 8.49. The Hall–Kier alpha value is -2.38. The molecule has 0 aromatic heterocycles. The number of nitro groups is 1. The standard InChI is InChI=1S/C15H12ClNO5S/c16-14-6-3-12(9-15(14)18)10-23(21,22)8-7-11-1-4-13(5-2-11)17(19)20/h1-9,18H,10H2. The van der Waals surface area contributed by atoms with Gasteiger partial charge in [-0.15, -0.1) is 0 Å². The molecule has 0 saturated heterocycles. The maximum atomic E-state index is 12.0. The van der Waals surface area contributed by atoms with E-state index in [1.807, 2.05) is 0 Å². The SMILES string of the molecule is O=[N+]([O-])c1ccc(C=CS(=O)(=O)Cc2ccc(Cl)c(O)c2)cc1. The van der Waals surface area contributed by atoms with Crippen LogP contribution in [0.2, 0.25) is 5.02 Å². The second-order valence-electron chi connectivity index (χ2n) is 4.74. The molecule has 0 spiro atoms. The quantitative estimate of drug-likeness (QED) is 0.654. The van der Waals surface area contributed by atoms with Crippen LogP contribution in [0.5, 0.6) is 5.75 Å². The van der Waals surface area contributed by atoms with Gasteiger partial charge in [0.15, 0.2) is 9.84 Å². The highest BCUT2D eigenvalue weighted by Gasteiger charge is 2.10. The Bertz CT molecular complexity index is 860. The molecule has 0 radical (unpaired) electrons. The van der Waals surface area contributed by atoms with Crippen LogP contribution in [-0.2, 0) is 15.6 Å². The number of benzene rings is 2. The molecule has 0 unspecified atom stereocenters. The number of halogens is 1. The minimum atomic E-state index is -3.56. The summed E-state index contributed by atoms with van der Waals surface area (Å²) >= 11 is 5.67. The molecule has 1 N–H and O–H groups in total. The molecule has 8 heteroatoms. The zero-order valence-corrected chi connectivity index (χ0v) is 13.3. The van der Waals surface area contributed by atoms with Crippen LogP contribution in [0.25, 0.3) is 6.08 Å². The van der Waals surface area contributed by atoms with Crippen LogP contribution in [0.3, 0.4) is 0 Å². The normalized spacial score (nSPS) is 11.7. The first-order chi connectivity index (χ1) is 10.8. The van der Waals surface area contributed by atoms with Crippen molar-refractivity contribution in [2.24, 2.45) is 0 Å². The third-order valence-electron chi connectivity index (χ3n) is 2.95. The number of phenolic OH excluding ortho intramolecular Hbond substituents is 1. The molecule has 0 fully saturated rings. The van der Waals surface area contributed by atoms with Gasteiger partial charge < -0.3 is 5.11 Å². The van der Waals surface area contributed by atoms with Crippen molar-refractivity contribution in [2.75, 3.05) is 0 Å². The summed E-state index contributed by atoms with van der Waals surface area (Å²) in [5.74, 6) is -0.472. The van der Waals surface area contributed by atoms with E-state index < -0.39 is 14.8 Å². The van der Waals surface area contributed by atoms with Gasteiger partial charge in [0.2, 0.25) is 0 Å². The van der Waals surface area contributed by atoms with E-state index >= 15 is 0 Å². The lowest BCUT2D eigenvalue weighted by Gasteiger charge is -2.02. The van der Waals surface area contributed by atoms with Crippen molar-refractivity contribution in [3.05, 3.63) is 74.1 Å². The molecule has 23 heavy (non-hydrogen) atoms. The average Bonchev–Trinajstić information content (AvgIpc) is 2.49. The van der Waals surface area contributed by atoms with E-state index in [1.54, 1.807) is 0 Å². The summed E-state index contributed by atoms with van der Waals surface area (Å²) in [6, 6.07) is 9.73. The predicted octanol–water partition coefficient (Wildman–Crippen LogP) is 3.54. The third kappa shape index (κ3) is 4.80. The first kappa shape index (κ1) is 17.0. The third-order valence-corrected chi connectivity index (χ3v) is 4.56. The van der Waals surface area contributed by atoms with E-state index in [0.717, 1.165) is 5.41 Å². The molecule has 0 amide bonds. The molecule has 0 aliphatic rings. The highest BCUT2D eigenvalue weighted by molar-refractivity contribution is 7.93. The van der Waals surface area contributed by atoms with Crippen LogP contribution < -0.4 is 0 Å². The molecule has 2 aromatic rings. The van der Waals surface area contributed by atoms with E-state index in [2.05, 4.69) is 0 Å². The number of rotatable bonds is 5. The van der Waals surface area contributed by atoms with Crippen LogP contribution in [-0.4, -0.2) is 18.4 Å². The van der Waals surface area contributed by atoms with Crippen LogP contribution in [0, 0.1) is 10.1 Å². The molecule has 0 atom stereocenters. The van der Waals surface area contributed by atoms with Gasteiger partial charge in [0.05, 0.1) is 15.7 Å². The number of sulfone groups is 1. The topological polar surface area (TPSA) is 97.5 Å². The van der Waals surface area contributed by atoms with Gasteiger partial charge >= 0.3 is 0 Å². The summed E-state index contributed by atoms with van der Waals surface area (Å²) < 4.78 is 24.1. The maximum absolute atomic E-state index is 12.0. The molecule has 0 saturated carbocycles. The van der Waals surface area contributed by atoms with Gasteiger partial charge in [-0.2, -0.15) is 0 Å². The van der Waals surface area contributed by atoms with E-state index in [0.29, 0.717) is 11.1 Å². The number of hydrogen-bond donors (Lipinski definition) is 1. The number of hydrogen-bond acceptors (Lipinski definition) is 5. The van der Waals surface area contributed by atoms with Crippen LogP contribution in [0.4, 0.5) is 5.69 Å². The van der Waals surface area contributed by atoms with Crippen molar-refractivity contribution in [2.45, 2.75) is 5.75 Å². The van der Waals surface area contributed by atoms with Crippen molar-refractivity contribution in [1.82, 2.24) is 0 Å². The minimum absolute atomic E-state index is 0.0679. The van der Waals surface area contributed by atoms with Gasteiger partial charge in [-0.1, -0.05) is 17.7 Å². The maximum Gasteiger partial charge on any atom is 0.269 e. The fourth-order valence-corrected chi connectivity index (χ4v) is 3.04. The summed E-state index contributed by atoms with van der Waals surface area (Å²) in [6.45, 7) is 0. The average molecular weight is 354 g/mol. The monoisotopic (exact) mass is 353 g/mol. The fraction of sp³-hybridized carbons (Fsp3) is 0.0667. The zero-order chi connectivity index (χ0) is 17.0. The van der Waals surface area contributed by atoms with Crippen molar-refractivity contribution in [3.8, 4) is 5.75 Å². The van der Waals surface area contributed by atoms with Crippen molar-refractivity contribution in [3.63, 3.8) is 0 Å². The molecule has 0 aliphatic heterocycles. The Morgan fingerprint density at radius 3 is 2.39 bits per heavy atom. The second-order valence-corrected chi connectivity index (χ2v) is 7.04. The fourth-order valence-electron chi connectivity index (χ4n) is 1.82. The van der Waals surface area contributed by atoms with Gasteiger partial charge in [-0.25, -0.2) is 8.42 Å². The minimum Gasteiger partial charge on any atom is -0.506 e. The molecule has 0 bridgehead atoms. The van der Waals surface area contributed by atoms with Gasteiger partial charge in [0, 0.05) is 17.5 Å². The van der Waals surface area contributed by atoms with E-state index in [-0.39, 0.29) is 22.2 Å². The molecule has 2 rings (SSSR count). The summed E-state index contributed by atoms with van der Waals surface area (Å²) in [5.41, 5.74) is 0.861. The summed E-state index contributed by atoms with van der Waals surface area (Å²) in [7, 11) is -3.56. The highest BCUT2D eigenvalue weighted by atomic mass is 35.5. The molecule has 0 aliphatic carbocycles. The van der Waals surface area contributed by atoms with E-state index in [9.17, 15) is 23.6 Å². The van der Waals surface area contributed by atoms with Crippen molar-refractivity contribution >= 4 is 33.2 Å². The first-order valence-electron chi connectivity index (χ1n) is 6.39. The van der Waals surface area contributed by atoms with Crippen LogP contribution in [0.15, 0.2) is 47.9 Å². The van der Waals surface area contributed by atoms with Crippen LogP contribution in [0.1, 0.15) is 11.1 Å². The highest BCUT2D eigenvalue weighted by Crippen LogP contribution is 2.25. The summed E-state index contributed by atoms with van der Waals surface area (Å²) in [6.07, 6.45) is 1.36. The second kappa shape index (κ2) is 6.80. The Balaban J connectivity index is 2.13. The summed E-state index contributed by atoms with van der Waals surface area (Å²) in [5, 5.41) is 21.2. The molecular weight excluding hydrogens is 342 g/mol. The smallest absolute Gasteiger partial charge is 0.269 e. The Morgan fingerprint density at radius 2 is 1.83 bits per heavy atom. The Morgan fingerprint density at radius 1 is 1.17 bits per heavy atom. The largest absolute Gasteiger partial charge is 0.506 e. The lowest BCUT2D eigenvalue weighted by atomic mass is 10.2. The predicted molar refractivity (Wildman–Crippen MR) is 87.9 cm³/mol. The molecule has 2 aromatic carbocycles. The molecular formula is C15H12ClNO5S. The lowest BCUT2D eigenvalue weighted by molar-refractivity contribution is -0.384. The Labute approximate surface area is 137 Å². The van der Waals surface area contributed by atoms with Gasteiger partial charge in [0.1, 0.15) is 5.75 Å². The summed E-state index contributed by atoms with van der Waals surface area (Å²) in [4.78, 5) is 10.0. The lowest BCUT2D eigenvalue weighted by Crippen LogP contribution is -1.99. The molecule has 6 nitrogen and oxygen atoms in total. The van der Waals surface area contributed by atoms with E-state index in [4.69, 9.17) is 11.6 Å². The number of phenols is 1. The van der Waals surface area contributed by atoms with Crippen LogP contribution >= 0.6 is 11.6 Å². The van der Waals surface area contributed by atoms with Gasteiger partial charge in [0.25, 0.3) is 5.69 Å². The molecule has 120 valence electrons. The number of nitro benzene ring substituents is 1. The zero-order valence-electron chi connectivity index (χ0n) is 11.7. The number of aromatic hydroxyl groups is 1. The molecule has 0 heterocycles. The van der Waals surface area contributed by atoms with E-state index in [1.165, 1.54) is 48.5 Å². The van der Waals surface area contributed by atoms with Crippen molar-refractivity contribution < 1.29 is 18.4 Å². The number of nitrogens with zero attached hydrogens (tertiary/aromatic N) is 1. The van der Waals surface area contributed by atoms with Crippen molar-refractivity contribution in [1.29, 1.82) is 0 Å². The van der Waals surface area contributed by atoms with Gasteiger partial charge in [-0.05, 0) is 41.5 Å². The van der Waals surface area contributed by atoms with Gasteiger partial charge in [-0.3, -0.25) is 10.1 Å². The Kier molecular flexibility index (Phi) is 5.02.